The van der Waals surface area contributed by atoms with Crippen LogP contribution in [-0.2, 0) is 11.2 Å². The van der Waals surface area contributed by atoms with Gasteiger partial charge in [-0.1, -0.05) is 31.2 Å². The van der Waals surface area contributed by atoms with Gasteiger partial charge in [-0.25, -0.2) is 0 Å². The molecule has 0 aliphatic carbocycles. The van der Waals surface area contributed by atoms with E-state index in [1.54, 1.807) is 24.3 Å². The fourth-order valence-electron chi connectivity index (χ4n) is 2.21. The molecule has 0 fully saturated rings. The van der Waals surface area contributed by atoms with E-state index in [0.29, 0.717) is 11.3 Å². The molecule has 6 heteroatoms. The topological polar surface area (TPSA) is 47.6 Å². The van der Waals surface area contributed by atoms with E-state index in [9.17, 15) is 13.6 Å². The first kappa shape index (κ1) is 18.4. The second-order valence-corrected chi connectivity index (χ2v) is 5.13. The van der Waals surface area contributed by atoms with Crippen molar-refractivity contribution >= 4 is 17.7 Å². The van der Waals surface area contributed by atoms with Crippen LogP contribution in [0.1, 0.15) is 18.1 Å². The molecule has 0 radical (unpaired) electrons. The van der Waals surface area contributed by atoms with Crippen molar-refractivity contribution in [3.63, 3.8) is 0 Å². The number of carbonyl (C=O) groups excluding carboxylic acids is 1. The molecule has 1 N–H and O–H groups in total. The van der Waals surface area contributed by atoms with Gasteiger partial charge in [0.2, 0.25) is 5.91 Å². The lowest BCUT2D eigenvalue weighted by molar-refractivity contribution is -0.111. The number of methoxy groups -OCH3 is 1. The highest BCUT2D eigenvalue weighted by molar-refractivity contribution is 6.02. The Morgan fingerprint density at radius 3 is 2.52 bits per heavy atom. The van der Waals surface area contributed by atoms with Gasteiger partial charge in [-0.15, -0.1) is 0 Å². The van der Waals surface area contributed by atoms with Gasteiger partial charge < -0.3 is 14.8 Å². The van der Waals surface area contributed by atoms with Crippen LogP contribution in [0.2, 0.25) is 0 Å². The highest BCUT2D eigenvalue weighted by Gasteiger charge is 2.14. The molecule has 0 atom stereocenters. The van der Waals surface area contributed by atoms with Crippen LogP contribution in [0.4, 0.5) is 14.5 Å². The van der Waals surface area contributed by atoms with Gasteiger partial charge in [-0.05, 0) is 36.3 Å². The molecule has 2 aromatic carbocycles. The molecule has 2 rings (SSSR count). The summed E-state index contributed by atoms with van der Waals surface area (Å²) >= 11 is 0. The molecule has 0 unspecified atom stereocenters. The first-order chi connectivity index (χ1) is 12.0. The average Bonchev–Trinajstić information content (AvgIpc) is 2.61. The lowest BCUT2D eigenvalue weighted by Crippen LogP contribution is -2.08. The molecule has 2 aromatic rings. The monoisotopic (exact) mass is 347 g/mol. The van der Waals surface area contributed by atoms with Crippen molar-refractivity contribution in [1.82, 2.24) is 0 Å². The second kappa shape index (κ2) is 8.82. The van der Waals surface area contributed by atoms with Gasteiger partial charge in [-0.2, -0.15) is 8.78 Å². The van der Waals surface area contributed by atoms with Crippen molar-refractivity contribution in [2.75, 3.05) is 12.4 Å². The van der Waals surface area contributed by atoms with E-state index >= 15 is 0 Å². The maximum atomic E-state index is 12.6. The summed E-state index contributed by atoms with van der Waals surface area (Å²) in [6, 6.07) is 12.2. The molecule has 0 aromatic heterocycles. The van der Waals surface area contributed by atoms with Crippen molar-refractivity contribution in [2.45, 2.75) is 20.0 Å². The van der Waals surface area contributed by atoms with Gasteiger partial charge in [0, 0.05) is 17.3 Å². The minimum atomic E-state index is -2.99. The number of carbonyl (C=O) groups is 1. The lowest BCUT2D eigenvalue weighted by Gasteiger charge is -2.12. The van der Waals surface area contributed by atoms with Gasteiger partial charge in [0.25, 0.3) is 0 Å². The van der Waals surface area contributed by atoms with Crippen LogP contribution in [0.3, 0.4) is 0 Å². The van der Waals surface area contributed by atoms with Gasteiger partial charge in [-0.3, -0.25) is 4.79 Å². The normalized spacial score (nSPS) is 10.9. The lowest BCUT2D eigenvalue weighted by atomic mass is 10.1. The summed E-state index contributed by atoms with van der Waals surface area (Å²) in [6.07, 6.45) is 3.56. The average molecular weight is 347 g/mol. The fourth-order valence-corrected chi connectivity index (χ4v) is 2.21. The summed E-state index contributed by atoms with van der Waals surface area (Å²) in [7, 11) is 1.35. The Morgan fingerprint density at radius 1 is 1.20 bits per heavy atom. The summed E-state index contributed by atoms with van der Waals surface area (Å²) in [4.78, 5) is 12.0. The number of amides is 1. The molecular formula is C19H19F2NO3. The number of rotatable bonds is 7. The molecule has 25 heavy (non-hydrogen) atoms. The minimum Gasteiger partial charge on any atom is -0.493 e. The zero-order valence-corrected chi connectivity index (χ0v) is 14.0. The Kier molecular flexibility index (Phi) is 6.51. The number of aryl methyl sites for hydroxylation is 1. The molecule has 0 aliphatic rings. The summed E-state index contributed by atoms with van der Waals surface area (Å²) in [5.41, 5.74) is 2.14. The van der Waals surface area contributed by atoms with Gasteiger partial charge in [0.15, 0.2) is 11.5 Å². The molecule has 0 saturated carbocycles. The third kappa shape index (κ3) is 5.31. The molecule has 132 valence electrons. The van der Waals surface area contributed by atoms with Crippen LogP contribution in [0.25, 0.3) is 6.08 Å². The van der Waals surface area contributed by atoms with Gasteiger partial charge in [0.05, 0.1) is 7.11 Å². The van der Waals surface area contributed by atoms with Crippen LogP contribution >= 0.6 is 0 Å². The Hall–Kier alpha value is -2.89. The molecule has 0 aliphatic heterocycles. The third-order valence-corrected chi connectivity index (χ3v) is 3.48. The molecular weight excluding hydrogens is 328 g/mol. The summed E-state index contributed by atoms with van der Waals surface area (Å²) in [6.45, 7) is -0.946. The molecule has 0 spiro atoms. The van der Waals surface area contributed by atoms with Crippen LogP contribution in [0, 0.1) is 0 Å². The number of halogens is 2. The van der Waals surface area contributed by atoms with E-state index in [4.69, 9.17) is 4.74 Å². The van der Waals surface area contributed by atoms with E-state index < -0.39 is 6.61 Å². The number of para-hydroxylation sites is 1. The predicted molar refractivity (Wildman–Crippen MR) is 93.1 cm³/mol. The van der Waals surface area contributed by atoms with Crippen molar-refractivity contribution in [2.24, 2.45) is 0 Å². The first-order valence-electron chi connectivity index (χ1n) is 7.73. The van der Waals surface area contributed by atoms with E-state index in [1.807, 2.05) is 19.1 Å². The Labute approximate surface area is 145 Å². The summed E-state index contributed by atoms with van der Waals surface area (Å²) in [5.74, 6) is -0.329. The number of benzene rings is 2. The standard InChI is InChI=1S/C19H19F2NO3/c1-3-13-7-10-15(11-8-13)22-17(23)12-9-14-5-4-6-16(24-2)18(14)25-19(20)21/h4-12,19H,3H2,1-2H3,(H,22,23)/b12-9+. The maximum absolute atomic E-state index is 12.6. The predicted octanol–water partition coefficient (Wildman–Crippen LogP) is 4.51. The van der Waals surface area contributed by atoms with Crippen molar-refractivity contribution < 1.29 is 23.0 Å². The molecule has 4 nitrogen and oxygen atoms in total. The van der Waals surface area contributed by atoms with Gasteiger partial charge in [0.1, 0.15) is 0 Å². The highest BCUT2D eigenvalue weighted by Crippen LogP contribution is 2.33. The highest BCUT2D eigenvalue weighted by atomic mass is 19.3. The van der Waals surface area contributed by atoms with Crippen molar-refractivity contribution in [3.05, 3.63) is 59.7 Å². The maximum Gasteiger partial charge on any atom is 0.387 e. The van der Waals surface area contributed by atoms with Gasteiger partial charge >= 0.3 is 6.61 Å². The first-order valence-corrected chi connectivity index (χ1v) is 7.73. The Balaban J connectivity index is 2.13. The number of anilines is 1. The van der Waals surface area contributed by atoms with E-state index in [-0.39, 0.29) is 17.4 Å². The quantitative estimate of drug-likeness (QED) is 0.750. The van der Waals surface area contributed by atoms with Crippen molar-refractivity contribution in [1.29, 1.82) is 0 Å². The Bertz CT molecular complexity index is 743. The zero-order valence-electron chi connectivity index (χ0n) is 14.0. The summed E-state index contributed by atoms with van der Waals surface area (Å²) < 4.78 is 34.7. The van der Waals surface area contributed by atoms with E-state index in [1.165, 1.54) is 30.9 Å². The number of alkyl halides is 2. The van der Waals surface area contributed by atoms with E-state index in [2.05, 4.69) is 10.1 Å². The molecule has 0 heterocycles. The number of nitrogens with one attached hydrogen (secondary N) is 1. The minimum absolute atomic E-state index is 0.114. The molecule has 1 amide bonds. The SMILES string of the molecule is CCc1ccc(NC(=O)/C=C/c2cccc(OC)c2OC(F)F)cc1. The van der Waals surface area contributed by atoms with Crippen LogP contribution in [0.5, 0.6) is 11.5 Å². The van der Waals surface area contributed by atoms with Crippen LogP contribution < -0.4 is 14.8 Å². The van der Waals surface area contributed by atoms with Crippen LogP contribution in [0.15, 0.2) is 48.5 Å². The van der Waals surface area contributed by atoms with Crippen molar-refractivity contribution in [3.8, 4) is 11.5 Å². The smallest absolute Gasteiger partial charge is 0.387 e. The third-order valence-electron chi connectivity index (χ3n) is 3.48. The molecule has 0 saturated heterocycles. The fraction of sp³-hybridized carbons (Fsp3) is 0.211. The Morgan fingerprint density at radius 2 is 1.92 bits per heavy atom. The second-order valence-electron chi connectivity index (χ2n) is 5.13. The summed E-state index contributed by atoms with van der Waals surface area (Å²) in [5, 5.41) is 2.71. The largest absolute Gasteiger partial charge is 0.493 e. The van der Waals surface area contributed by atoms with E-state index in [0.717, 1.165) is 6.42 Å². The number of hydrogen-bond donors (Lipinski definition) is 1. The zero-order chi connectivity index (χ0) is 18.2. The molecule has 0 bridgehead atoms. The number of hydrogen-bond acceptors (Lipinski definition) is 3. The number of ether oxygens (including phenoxy) is 2. The van der Waals surface area contributed by atoms with Crippen LogP contribution in [-0.4, -0.2) is 19.6 Å².